The van der Waals surface area contributed by atoms with Gasteiger partial charge in [-0.25, -0.2) is 0 Å². The van der Waals surface area contributed by atoms with Crippen molar-refractivity contribution in [3.63, 3.8) is 0 Å². The molecule has 2 atom stereocenters. The van der Waals surface area contributed by atoms with E-state index >= 15 is 0 Å². The summed E-state index contributed by atoms with van der Waals surface area (Å²) in [6, 6.07) is 15.3. The maximum absolute atomic E-state index is 6.20. The Morgan fingerprint density at radius 1 is 1.15 bits per heavy atom. The maximum atomic E-state index is 6.20. The van der Waals surface area contributed by atoms with Crippen molar-refractivity contribution in [2.75, 3.05) is 19.7 Å². The van der Waals surface area contributed by atoms with Crippen LogP contribution in [0.5, 0.6) is 0 Å². The van der Waals surface area contributed by atoms with Crippen LogP contribution in [0.25, 0.3) is 0 Å². The van der Waals surface area contributed by atoms with E-state index in [0.717, 1.165) is 31.8 Å². The van der Waals surface area contributed by atoms with E-state index in [1.165, 1.54) is 43.4 Å². The van der Waals surface area contributed by atoms with Gasteiger partial charge in [0.2, 0.25) is 0 Å². The molecule has 2 aliphatic rings. The standard InChI is InChI=1S/C23H30N2O/c1-19-9-10-21(16-24-19)17-25-14-13-23(18-25,22-8-5-15-26-22)12-11-20-6-3-2-4-7-20/h2-4,6-7,9-10,16,22H,5,8,11-15,17-18H2,1H3. The summed E-state index contributed by atoms with van der Waals surface area (Å²) in [5.74, 6) is 0. The molecule has 0 N–H and O–H groups in total. The molecule has 1 aromatic carbocycles. The second-order valence-electron chi connectivity index (χ2n) is 8.12. The van der Waals surface area contributed by atoms with Crippen molar-refractivity contribution in [2.45, 2.75) is 51.7 Å². The molecule has 3 nitrogen and oxygen atoms in total. The number of hydrogen-bond donors (Lipinski definition) is 0. The fourth-order valence-electron chi connectivity index (χ4n) is 4.70. The van der Waals surface area contributed by atoms with Crippen LogP contribution in [0.1, 0.15) is 42.5 Å². The van der Waals surface area contributed by atoms with Crippen LogP contribution in [-0.2, 0) is 17.7 Å². The molecule has 2 aromatic rings. The monoisotopic (exact) mass is 350 g/mol. The quantitative estimate of drug-likeness (QED) is 0.772. The van der Waals surface area contributed by atoms with Crippen molar-refractivity contribution in [2.24, 2.45) is 5.41 Å². The van der Waals surface area contributed by atoms with Crippen molar-refractivity contribution in [1.29, 1.82) is 0 Å². The minimum Gasteiger partial charge on any atom is -0.378 e. The summed E-state index contributed by atoms with van der Waals surface area (Å²) in [5.41, 5.74) is 4.17. The van der Waals surface area contributed by atoms with Crippen molar-refractivity contribution >= 4 is 0 Å². The number of likely N-dealkylation sites (tertiary alicyclic amines) is 1. The highest BCUT2D eigenvalue weighted by Crippen LogP contribution is 2.43. The van der Waals surface area contributed by atoms with Crippen molar-refractivity contribution in [3.8, 4) is 0 Å². The molecule has 0 spiro atoms. The molecule has 2 aliphatic heterocycles. The first-order valence-electron chi connectivity index (χ1n) is 10.0. The second-order valence-corrected chi connectivity index (χ2v) is 8.12. The number of rotatable bonds is 6. The van der Waals surface area contributed by atoms with E-state index in [9.17, 15) is 0 Å². The SMILES string of the molecule is Cc1ccc(CN2CCC(CCc3ccccc3)(C3CCCO3)C2)cn1. The van der Waals surface area contributed by atoms with E-state index in [1.54, 1.807) is 0 Å². The highest BCUT2D eigenvalue weighted by Gasteiger charge is 2.45. The Hall–Kier alpha value is -1.71. The molecule has 0 saturated carbocycles. The average molecular weight is 351 g/mol. The van der Waals surface area contributed by atoms with E-state index in [2.05, 4.69) is 52.3 Å². The number of nitrogens with zero attached hydrogens (tertiary/aromatic N) is 2. The fraction of sp³-hybridized carbons (Fsp3) is 0.522. The third-order valence-electron chi connectivity index (χ3n) is 6.21. The molecule has 4 rings (SSSR count). The van der Waals surface area contributed by atoms with E-state index in [-0.39, 0.29) is 0 Å². The van der Waals surface area contributed by atoms with E-state index in [1.807, 2.05) is 13.1 Å². The molecule has 1 aromatic heterocycles. The Morgan fingerprint density at radius 2 is 2.04 bits per heavy atom. The zero-order valence-corrected chi connectivity index (χ0v) is 15.9. The predicted molar refractivity (Wildman–Crippen MR) is 105 cm³/mol. The van der Waals surface area contributed by atoms with Crippen molar-refractivity contribution in [1.82, 2.24) is 9.88 Å². The molecule has 2 fully saturated rings. The molecule has 0 amide bonds. The lowest BCUT2D eigenvalue weighted by Gasteiger charge is -2.35. The van der Waals surface area contributed by atoms with Crippen LogP contribution >= 0.6 is 0 Å². The lowest BCUT2D eigenvalue weighted by atomic mass is 9.75. The second kappa shape index (κ2) is 7.89. The van der Waals surface area contributed by atoms with Crippen LogP contribution in [-0.4, -0.2) is 35.7 Å². The van der Waals surface area contributed by atoms with Gasteiger partial charge in [0.15, 0.2) is 0 Å². The Labute approximate surface area is 157 Å². The molecular formula is C23H30N2O. The van der Waals surface area contributed by atoms with Gasteiger partial charge in [-0.05, 0) is 62.8 Å². The third-order valence-corrected chi connectivity index (χ3v) is 6.21. The molecular weight excluding hydrogens is 320 g/mol. The van der Waals surface area contributed by atoms with Gasteiger partial charge in [-0.15, -0.1) is 0 Å². The number of pyridine rings is 1. The number of aryl methyl sites for hydroxylation is 2. The molecule has 3 heterocycles. The maximum Gasteiger partial charge on any atom is 0.0645 e. The summed E-state index contributed by atoms with van der Waals surface area (Å²) in [4.78, 5) is 7.07. The Morgan fingerprint density at radius 3 is 2.77 bits per heavy atom. The number of ether oxygens (including phenoxy) is 1. The van der Waals surface area contributed by atoms with Gasteiger partial charge < -0.3 is 4.74 Å². The summed E-state index contributed by atoms with van der Waals surface area (Å²) >= 11 is 0. The van der Waals surface area contributed by atoms with Crippen molar-refractivity contribution in [3.05, 3.63) is 65.5 Å². The molecule has 0 bridgehead atoms. The van der Waals surface area contributed by atoms with E-state index in [4.69, 9.17) is 4.74 Å². The molecule has 2 saturated heterocycles. The van der Waals surface area contributed by atoms with Gasteiger partial charge in [-0.2, -0.15) is 0 Å². The first kappa shape index (κ1) is 17.7. The fourth-order valence-corrected chi connectivity index (χ4v) is 4.70. The molecule has 3 heteroatoms. The lowest BCUT2D eigenvalue weighted by Crippen LogP contribution is -2.38. The number of aromatic nitrogens is 1. The summed E-state index contributed by atoms with van der Waals surface area (Å²) in [6.07, 6.45) is 8.56. The topological polar surface area (TPSA) is 25.4 Å². The molecule has 2 unspecified atom stereocenters. The van der Waals surface area contributed by atoms with Crippen LogP contribution in [0.2, 0.25) is 0 Å². The van der Waals surface area contributed by atoms with Gasteiger partial charge in [0, 0.05) is 37.0 Å². The predicted octanol–water partition coefficient (Wildman–Crippen LogP) is 4.39. The van der Waals surface area contributed by atoms with Gasteiger partial charge in [0.25, 0.3) is 0 Å². The lowest BCUT2D eigenvalue weighted by molar-refractivity contribution is -0.00181. The zero-order chi connectivity index (χ0) is 17.8. The smallest absolute Gasteiger partial charge is 0.0645 e. The average Bonchev–Trinajstić information content (AvgIpc) is 3.34. The highest BCUT2D eigenvalue weighted by molar-refractivity contribution is 5.16. The summed E-state index contributed by atoms with van der Waals surface area (Å²) in [6.45, 7) is 6.32. The Kier molecular flexibility index (Phi) is 5.37. The molecule has 138 valence electrons. The normalized spacial score (nSPS) is 26.4. The molecule has 0 aliphatic carbocycles. The van der Waals surface area contributed by atoms with Gasteiger partial charge in [-0.3, -0.25) is 9.88 Å². The van der Waals surface area contributed by atoms with Crippen LogP contribution in [0, 0.1) is 12.3 Å². The van der Waals surface area contributed by atoms with Crippen LogP contribution in [0.4, 0.5) is 0 Å². The van der Waals surface area contributed by atoms with Gasteiger partial charge in [0.1, 0.15) is 0 Å². The molecule has 26 heavy (non-hydrogen) atoms. The number of benzene rings is 1. The Bertz CT molecular complexity index is 694. The van der Waals surface area contributed by atoms with Crippen LogP contribution in [0.15, 0.2) is 48.7 Å². The Balaban J connectivity index is 1.44. The highest BCUT2D eigenvalue weighted by atomic mass is 16.5. The zero-order valence-electron chi connectivity index (χ0n) is 15.9. The number of hydrogen-bond acceptors (Lipinski definition) is 3. The van der Waals surface area contributed by atoms with E-state index in [0.29, 0.717) is 11.5 Å². The van der Waals surface area contributed by atoms with Crippen molar-refractivity contribution < 1.29 is 4.74 Å². The van der Waals surface area contributed by atoms with Gasteiger partial charge in [-0.1, -0.05) is 36.4 Å². The first-order valence-corrected chi connectivity index (χ1v) is 10.0. The largest absolute Gasteiger partial charge is 0.378 e. The van der Waals surface area contributed by atoms with Gasteiger partial charge >= 0.3 is 0 Å². The summed E-state index contributed by atoms with van der Waals surface area (Å²) in [7, 11) is 0. The molecule has 0 radical (unpaired) electrons. The minimum atomic E-state index is 0.310. The minimum absolute atomic E-state index is 0.310. The summed E-state index contributed by atoms with van der Waals surface area (Å²) < 4.78 is 6.20. The first-order chi connectivity index (χ1) is 12.7. The van der Waals surface area contributed by atoms with Crippen LogP contribution in [0.3, 0.4) is 0 Å². The summed E-state index contributed by atoms with van der Waals surface area (Å²) in [5, 5.41) is 0. The van der Waals surface area contributed by atoms with Crippen LogP contribution < -0.4 is 0 Å². The third kappa shape index (κ3) is 3.99. The van der Waals surface area contributed by atoms with E-state index < -0.39 is 0 Å². The van der Waals surface area contributed by atoms with Gasteiger partial charge in [0.05, 0.1) is 6.10 Å².